The normalized spacial score (nSPS) is 17.5. The van der Waals surface area contributed by atoms with E-state index in [-0.39, 0.29) is 10.9 Å². The highest BCUT2D eigenvalue weighted by Crippen LogP contribution is 2.36. The lowest BCUT2D eigenvalue weighted by molar-refractivity contribution is 0.0701. The number of aromatic carboxylic acids is 1. The molecule has 31 heavy (non-hydrogen) atoms. The first-order valence-electron chi connectivity index (χ1n) is 10.2. The van der Waals surface area contributed by atoms with Crippen LogP contribution in [0.15, 0.2) is 71.6 Å². The van der Waals surface area contributed by atoms with Gasteiger partial charge < -0.3 is 5.11 Å². The number of sulfonamides is 1. The van der Waals surface area contributed by atoms with Crippen LogP contribution in [-0.2, 0) is 16.4 Å². The molecule has 1 N–H and O–H groups in total. The van der Waals surface area contributed by atoms with Crippen molar-refractivity contribution in [3.63, 3.8) is 0 Å². The third-order valence-corrected chi connectivity index (χ3v) is 9.13. The number of hydrogen-bond donors (Lipinski definition) is 1. The van der Waals surface area contributed by atoms with Crippen LogP contribution in [0.1, 0.15) is 28.1 Å². The topological polar surface area (TPSA) is 74.7 Å². The van der Waals surface area contributed by atoms with Crippen molar-refractivity contribution >= 4 is 48.2 Å². The third kappa shape index (κ3) is 3.52. The molecule has 0 spiro atoms. The first kappa shape index (κ1) is 20.2. The van der Waals surface area contributed by atoms with Crippen LogP contribution in [0, 0.1) is 0 Å². The lowest BCUT2D eigenvalue weighted by Crippen LogP contribution is -2.37. The number of rotatable bonds is 5. The van der Waals surface area contributed by atoms with Gasteiger partial charge in [0.15, 0.2) is 0 Å². The van der Waals surface area contributed by atoms with E-state index in [9.17, 15) is 18.3 Å². The Hall–Kier alpha value is -2.74. The van der Waals surface area contributed by atoms with Crippen molar-refractivity contribution in [1.29, 1.82) is 0 Å². The zero-order valence-electron chi connectivity index (χ0n) is 16.7. The van der Waals surface area contributed by atoms with Gasteiger partial charge in [0.2, 0.25) is 10.0 Å². The second kappa shape index (κ2) is 7.75. The number of carboxylic acid groups (broad SMARTS) is 1. The van der Waals surface area contributed by atoms with E-state index < -0.39 is 16.0 Å². The molecule has 1 saturated heterocycles. The summed E-state index contributed by atoms with van der Waals surface area (Å²) in [5.74, 6) is -0.960. The number of benzene rings is 3. The number of carbonyl (C=O) groups is 1. The van der Waals surface area contributed by atoms with Gasteiger partial charge in [-0.2, -0.15) is 4.31 Å². The quantitative estimate of drug-likeness (QED) is 0.455. The van der Waals surface area contributed by atoms with Gasteiger partial charge in [0, 0.05) is 17.3 Å². The lowest BCUT2D eigenvalue weighted by Gasteiger charge is -2.24. The van der Waals surface area contributed by atoms with Gasteiger partial charge in [-0.05, 0) is 59.2 Å². The summed E-state index contributed by atoms with van der Waals surface area (Å²) >= 11 is 1.25. The number of fused-ring (bicyclic) bond motifs is 2. The predicted molar refractivity (Wildman–Crippen MR) is 123 cm³/mol. The highest BCUT2D eigenvalue weighted by atomic mass is 32.2. The van der Waals surface area contributed by atoms with Crippen LogP contribution < -0.4 is 0 Å². The van der Waals surface area contributed by atoms with E-state index in [1.807, 2.05) is 54.6 Å². The molecule has 1 aromatic heterocycles. The summed E-state index contributed by atoms with van der Waals surface area (Å²) in [7, 11) is -3.68. The molecule has 1 unspecified atom stereocenters. The Labute approximate surface area is 184 Å². The SMILES string of the molecule is O=C(O)c1sc2ccccc2c1CC1CCCN1S(=O)(=O)c1ccc2ccccc2c1. The molecule has 1 fully saturated rings. The molecule has 5 rings (SSSR count). The number of nitrogens with zero attached hydrogens (tertiary/aromatic N) is 1. The van der Waals surface area contributed by atoms with Crippen LogP contribution in [0.5, 0.6) is 0 Å². The van der Waals surface area contributed by atoms with E-state index in [2.05, 4.69) is 0 Å². The summed E-state index contributed by atoms with van der Waals surface area (Å²) < 4.78 is 29.5. The summed E-state index contributed by atoms with van der Waals surface area (Å²) in [6, 6.07) is 20.3. The molecule has 1 aliphatic rings. The van der Waals surface area contributed by atoms with Crippen LogP contribution in [-0.4, -0.2) is 36.4 Å². The summed E-state index contributed by atoms with van der Waals surface area (Å²) in [6.45, 7) is 0.449. The second-order valence-corrected chi connectivity index (χ2v) is 10.8. The van der Waals surface area contributed by atoms with Crippen LogP contribution >= 0.6 is 11.3 Å². The molecule has 1 aliphatic heterocycles. The average molecular weight is 452 g/mol. The summed E-state index contributed by atoms with van der Waals surface area (Å²) in [5, 5.41) is 12.5. The van der Waals surface area contributed by atoms with E-state index in [1.165, 1.54) is 11.3 Å². The van der Waals surface area contributed by atoms with Crippen LogP contribution in [0.3, 0.4) is 0 Å². The molecule has 5 nitrogen and oxygen atoms in total. The van der Waals surface area contributed by atoms with E-state index in [0.29, 0.717) is 17.8 Å². The van der Waals surface area contributed by atoms with Gasteiger partial charge in [-0.15, -0.1) is 11.3 Å². The monoisotopic (exact) mass is 451 g/mol. The second-order valence-electron chi connectivity index (χ2n) is 7.84. The largest absolute Gasteiger partial charge is 0.477 e. The van der Waals surface area contributed by atoms with E-state index >= 15 is 0 Å². The summed E-state index contributed by atoms with van der Waals surface area (Å²) in [4.78, 5) is 12.5. The van der Waals surface area contributed by atoms with E-state index in [0.717, 1.165) is 39.3 Å². The molecule has 0 bridgehead atoms. The molecular weight excluding hydrogens is 430 g/mol. The minimum atomic E-state index is -3.68. The third-order valence-electron chi connectivity index (χ3n) is 5.98. The fourth-order valence-corrected chi connectivity index (χ4v) is 7.30. The van der Waals surface area contributed by atoms with Crippen molar-refractivity contribution in [2.75, 3.05) is 6.54 Å². The Balaban J connectivity index is 1.52. The van der Waals surface area contributed by atoms with Crippen molar-refractivity contribution in [3.05, 3.63) is 77.2 Å². The highest BCUT2D eigenvalue weighted by molar-refractivity contribution is 7.89. The van der Waals surface area contributed by atoms with Gasteiger partial charge in [0.1, 0.15) is 4.88 Å². The van der Waals surface area contributed by atoms with Crippen molar-refractivity contribution in [2.24, 2.45) is 0 Å². The first-order chi connectivity index (χ1) is 14.9. The molecule has 2 heterocycles. The smallest absolute Gasteiger partial charge is 0.346 e. The van der Waals surface area contributed by atoms with Crippen molar-refractivity contribution in [2.45, 2.75) is 30.2 Å². The zero-order chi connectivity index (χ0) is 21.6. The lowest BCUT2D eigenvalue weighted by atomic mass is 10.0. The van der Waals surface area contributed by atoms with Crippen molar-refractivity contribution in [1.82, 2.24) is 4.31 Å². The molecule has 158 valence electrons. The van der Waals surface area contributed by atoms with Gasteiger partial charge in [0.25, 0.3) is 0 Å². The predicted octanol–water partition coefficient (Wildman–Crippen LogP) is 5.15. The maximum Gasteiger partial charge on any atom is 0.346 e. The molecule has 0 amide bonds. The Morgan fingerprint density at radius 3 is 2.58 bits per heavy atom. The standard InChI is InChI=1S/C24H21NO4S2/c26-24(27)23-21(20-9-3-4-10-22(20)30-23)15-18-8-5-13-25(18)31(28,29)19-12-11-16-6-1-2-7-17(16)14-19/h1-4,6-7,9-12,14,18H,5,8,13,15H2,(H,26,27). The van der Waals surface area contributed by atoms with E-state index in [1.54, 1.807) is 16.4 Å². The van der Waals surface area contributed by atoms with Crippen molar-refractivity contribution < 1.29 is 18.3 Å². The summed E-state index contributed by atoms with van der Waals surface area (Å²) in [6.07, 6.45) is 1.89. The number of thiophene rings is 1. The summed E-state index contributed by atoms with van der Waals surface area (Å²) in [5.41, 5.74) is 0.735. The van der Waals surface area contributed by atoms with Gasteiger partial charge in [-0.3, -0.25) is 0 Å². The minimum Gasteiger partial charge on any atom is -0.477 e. The molecule has 0 radical (unpaired) electrons. The first-order valence-corrected chi connectivity index (χ1v) is 12.4. The maximum absolute atomic E-state index is 13.5. The Bertz CT molecular complexity index is 1410. The molecule has 4 aromatic rings. The van der Waals surface area contributed by atoms with Gasteiger partial charge in [0.05, 0.1) is 4.90 Å². The van der Waals surface area contributed by atoms with Crippen LogP contribution in [0.25, 0.3) is 20.9 Å². The highest BCUT2D eigenvalue weighted by Gasteiger charge is 2.36. The van der Waals surface area contributed by atoms with E-state index in [4.69, 9.17) is 0 Å². The Morgan fingerprint density at radius 2 is 1.77 bits per heavy atom. The fourth-order valence-electron chi connectivity index (χ4n) is 4.50. The molecule has 7 heteroatoms. The average Bonchev–Trinajstić information content (AvgIpc) is 3.39. The van der Waals surface area contributed by atoms with Crippen molar-refractivity contribution in [3.8, 4) is 0 Å². The molecule has 3 aromatic carbocycles. The molecular formula is C24H21NO4S2. The Kier molecular flexibility index (Phi) is 5.04. The van der Waals surface area contributed by atoms with Gasteiger partial charge >= 0.3 is 5.97 Å². The zero-order valence-corrected chi connectivity index (χ0v) is 18.3. The van der Waals surface area contributed by atoms with Gasteiger partial charge in [-0.1, -0.05) is 48.5 Å². The van der Waals surface area contributed by atoms with Crippen LogP contribution in [0.2, 0.25) is 0 Å². The number of hydrogen-bond acceptors (Lipinski definition) is 4. The fraction of sp³-hybridized carbons (Fsp3) is 0.208. The molecule has 0 aliphatic carbocycles. The van der Waals surface area contributed by atoms with Crippen LogP contribution in [0.4, 0.5) is 0 Å². The van der Waals surface area contributed by atoms with Gasteiger partial charge in [-0.25, -0.2) is 13.2 Å². The number of carboxylic acids is 1. The maximum atomic E-state index is 13.5. The molecule has 0 saturated carbocycles. The minimum absolute atomic E-state index is 0.257. The Morgan fingerprint density at radius 1 is 1.03 bits per heavy atom. The molecule has 1 atom stereocenters.